The predicted molar refractivity (Wildman–Crippen MR) is 70.4 cm³/mol. The van der Waals surface area contributed by atoms with E-state index in [9.17, 15) is 4.39 Å². The zero-order valence-corrected chi connectivity index (χ0v) is 11.0. The van der Waals surface area contributed by atoms with Crippen molar-refractivity contribution in [1.82, 2.24) is 0 Å². The first-order valence-electron chi connectivity index (χ1n) is 6.05. The molecular formula is C14H21FN2. The number of anilines is 2. The van der Waals surface area contributed by atoms with Crippen molar-refractivity contribution < 1.29 is 4.39 Å². The minimum atomic E-state index is -0.290. The van der Waals surface area contributed by atoms with Crippen molar-refractivity contribution in [2.75, 3.05) is 17.6 Å². The summed E-state index contributed by atoms with van der Waals surface area (Å²) >= 11 is 0. The summed E-state index contributed by atoms with van der Waals surface area (Å²) in [4.78, 5) is 0. The van der Waals surface area contributed by atoms with Crippen molar-refractivity contribution in [3.8, 4) is 0 Å². The third-order valence-corrected chi connectivity index (χ3v) is 4.75. The fraction of sp³-hybridized carbons (Fsp3) is 0.571. The SMILES string of the molecule is CC1(C)C(CNc2cc(N)cc(F)c2)C1(C)C. The highest BCUT2D eigenvalue weighted by Gasteiger charge is 2.63. The van der Waals surface area contributed by atoms with Gasteiger partial charge in [-0.2, -0.15) is 0 Å². The molecule has 94 valence electrons. The molecule has 0 amide bonds. The third kappa shape index (κ3) is 1.99. The van der Waals surface area contributed by atoms with Crippen LogP contribution in [0.1, 0.15) is 27.7 Å². The van der Waals surface area contributed by atoms with E-state index in [1.54, 1.807) is 6.07 Å². The summed E-state index contributed by atoms with van der Waals surface area (Å²) in [6.45, 7) is 9.97. The molecule has 0 unspecified atom stereocenters. The van der Waals surface area contributed by atoms with Gasteiger partial charge < -0.3 is 11.1 Å². The highest BCUT2D eigenvalue weighted by atomic mass is 19.1. The van der Waals surface area contributed by atoms with Crippen LogP contribution in [0.2, 0.25) is 0 Å². The lowest BCUT2D eigenvalue weighted by Crippen LogP contribution is -2.08. The number of nitrogen functional groups attached to an aromatic ring is 1. The monoisotopic (exact) mass is 236 g/mol. The molecule has 2 rings (SSSR count). The molecule has 1 aliphatic rings. The van der Waals surface area contributed by atoms with Gasteiger partial charge in [-0.15, -0.1) is 0 Å². The van der Waals surface area contributed by atoms with Crippen LogP contribution in [0.3, 0.4) is 0 Å². The molecule has 0 aromatic heterocycles. The van der Waals surface area contributed by atoms with Crippen molar-refractivity contribution in [3.63, 3.8) is 0 Å². The zero-order valence-electron chi connectivity index (χ0n) is 11.0. The van der Waals surface area contributed by atoms with Gasteiger partial charge in [0, 0.05) is 17.9 Å². The minimum Gasteiger partial charge on any atom is -0.399 e. The van der Waals surface area contributed by atoms with Gasteiger partial charge in [-0.1, -0.05) is 27.7 Å². The maximum absolute atomic E-state index is 13.2. The molecule has 1 aromatic carbocycles. The number of hydrogen-bond donors (Lipinski definition) is 2. The van der Waals surface area contributed by atoms with Gasteiger partial charge in [0.05, 0.1) is 0 Å². The lowest BCUT2D eigenvalue weighted by atomic mass is 10.0. The Labute approximate surface area is 102 Å². The molecule has 0 heterocycles. The van der Waals surface area contributed by atoms with Crippen LogP contribution >= 0.6 is 0 Å². The Kier molecular flexibility index (Phi) is 2.60. The van der Waals surface area contributed by atoms with Crippen molar-refractivity contribution in [1.29, 1.82) is 0 Å². The Morgan fingerprint density at radius 1 is 1.18 bits per heavy atom. The first-order valence-corrected chi connectivity index (χ1v) is 6.05. The highest BCUT2D eigenvalue weighted by Crippen LogP contribution is 2.68. The molecule has 3 heteroatoms. The van der Waals surface area contributed by atoms with Gasteiger partial charge in [0.2, 0.25) is 0 Å². The fourth-order valence-electron chi connectivity index (χ4n) is 2.78. The van der Waals surface area contributed by atoms with E-state index in [2.05, 4.69) is 33.0 Å². The molecule has 1 aliphatic carbocycles. The van der Waals surface area contributed by atoms with E-state index >= 15 is 0 Å². The average molecular weight is 236 g/mol. The van der Waals surface area contributed by atoms with Gasteiger partial charge in [0.15, 0.2) is 0 Å². The molecule has 2 nitrogen and oxygen atoms in total. The second kappa shape index (κ2) is 3.62. The van der Waals surface area contributed by atoms with E-state index in [-0.39, 0.29) is 5.82 Å². The van der Waals surface area contributed by atoms with Crippen LogP contribution in [-0.2, 0) is 0 Å². The molecule has 1 saturated carbocycles. The lowest BCUT2D eigenvalue weighted by molar-refractivity contribution is 0.457. The van der Waals surface area contributed by atoms with Crippen LogP contribution in [-0.4, -0.2) is 6.54 Å². The van der Waals surface area contributed by atoms with Crippen molar-refractivity contribution in [2.45, 2.75) is 27.7 Å². The molecule has 0 saturated heterocycles. The Balaban J connectivity index is 2.00. The van der Waals surface area contributed by atoms with Crippen LogP contribution in [0, 0.1) is 22.6 Å². The van der Waals surface area contributed by atoms with Crippen molar-refractivity contribution >= 4 is 11.4 Å². The molecule has 0 aliphatic heterocycles. The first-order chi connectivity index (χ1) is 7.75. The average Bonchev–Trinajstić information content (AvgIpc) is 2.53. The van der Waals surface area contributed by atoms with E-state index in [1.165, 1.54) is 12.1 Å². The second-order valence-electron chi connectivity index (χ2n) is 6.15. The molecule has 1 fully saturated rings. The maximum Gasteiger partial charge on any atom is 0.127 e. The van der Waals surface area contributed by atoms with E-state index in [4.69, 9.17) is 5.73 Å². The molecule has 3 N–H and O–H groups in total. The molecule has 17 heavy (non-hydrogen) atoms. The number of halogens is 1. The van der Waals surface area contributed by atoms with E-state index in [1.807, 2.05) is 0 Å². The Hall–Kier alpha value is -1.25. The normalized spacial score (nSPS) is 21.2. The number of hydrogen-bond acceptors (Lipinski definition) is 2. The molecular weight excluding hydrogens is 215 g/mol. The van der Waals surface area contributed by atoms with Gasteiger partial charge in [0.25, 0.3) is 0 Å². The standard InChI is InChI=1S/C14H21FN2/c1-13(2)12(14(13,3)4)8-17-11-6-9(15)5-10(16)7-11/h5-7,12,17H,8,16H2,1-4H3. The van der Waals surface area contributed by atoms with Gasteiger partial charge >= 0.3 is 0 Å². The molecule has 1 aromatic rings. The van der Waals surface area contributed by atoms with Crippen LogP contribution in [0.25, 0.3) is 0 Å². The van der Waals surface area contributed by atoms with Crippen LogP contribution in [0.5, 0.6) is 0 Å². The lowest BCUT2D eigenvalue weighted by Gasteiger charge is -2.08. The zero-order chi connectivity index (χ0) is 12.8. The summed E-state index contributed by atoms with van der Waals surface area (Å²) in [6.07, 6.45) is 0. The summed E-state index contributed by atoms with van der Waals surface area (Å²) in [7, 11) is 0. The summed E-state index contributed by atoms with van der Waals surface area (Å²) in [5, 5.41) is 3.28. The minimum absolute atomic E-state index is 0.290. The van der Waals surface area contributed by atoms with E-state index in [0.29, 0.717) is 22.4 Å². The second-order valence-corrected chi connectivity index (χ2v) is 6.15. The Morgan fingerprint density at radius 3 is 2.24 bits per heavy atom. The summed E-state index contributed by atoms with van der Waals surface area (Å²) < 4.78 is 13.2. The quantitative estimate of drug-likeness (QED) is 0.788. The molecule has 0 atom stereocenters. The fourth-order valence-corrected chi connectivity index (χ4v) is 2.78. The van der Waals surface area contributed by atoms with Crippen LogP contribution in [0.15, 0.2) is 18.2 Å². The highest BCUT2D eigenvalue weighted by molar-refractivity contribution is 5.54. The number of benzene rings is 1. The summed E-state index contributed by atoms with van der Waals surface area (Å²) in [6, 6.07) is 4.58. The maximum atomic E-state index is 13.2. The predicted octanol–water partition coefficient (Wildman–Crippen LogP) is 3.50. The summed E-state index contributed by atoms with van der Waals surface area (Å²) in [5.41, 5.74) is 7.53. The third-order valence-electron chi connectivity index (χ3n) is 4.75. The number of rotatable bonds is 3. The van der Waals surface area contributed by atoms with E-state index in [0.717, 1.165) is 12.2 Å². The van der Waals surface area contributed by atoms with Gasteiger partial charge in [-0.3, -0.25) is 0 Å². The van der Waals surface area contributed by atoms with Crippen LogP contribution in [0.4, 0.5) is 15.8 Å². The number of nitrogens with two attached hydrogens (primary N) is 1. The van der Waals surface area contributed by atoms with Crippen LogP contribution < -0.4 is 11.1 Å². The number of nitrogens with one attached hydrogen (secondary N) is 1. The van der Waals surface area contributed by atoms with Crippen molar-refractivity contribution in [2.24, 2.45) is 16.7 Å². The largest absolute Gasteiger partial charge is 0.399 e. The first kappa shape index (κ1) is 12.2. The summed E-state index contributed by atoms with van der Waals surface area (Å²) in [5.74, 6) is 0.321. The smallest absolute Gasteiger partial charge is 0.127 e. The molecule has 0 bridgehead atoms. The molecule has 0 radical (unpaired) electrons. The Morgan fingerprint density at radius 2 is 1.76 bits per heavy atom. The Bertz CT molecular complexity index is 404. The van der Waals surface area contributed by atoms with Crippen molar-refractivity contribution in [3.05, 3.63) is 24.0 Å². The molecule has 0 spiro atoms. The van der Waals surface area contributed by atoms with Gasteiger partial charge in [-0.05, 0) is 34.9 Å². The van der Waals surface area contributed by atoms with E-state index < -0.39 is 0 Å². The topological polar surface area (TPSA) is 38.0 Å². The van der Waals surface area contributed by atoms with Gasteiger partial charge in [0.1, 0.15) is 5.82 Å². The van der Waals surface area contributed by atoms with Gasteiger partial charge in [-0.25, -0.2) is 4.39 Å².